The van der Waals surface area contributed by atoms with Crippen molar-refractivity contribution in [3.05, 3.63) is 70.4 Å². The molecule has 0 saturated heterocycles. The van der Waals surface area contributed by atoms with Crippen LogP contribution >= 0.6 is 11.6 Å². The molecule has 0 unspecified atom stereocenters. The highest BCUT2D eigenvalue weighted by molar-refractivity contribution is 7.89. The van der Waals surface area contributed by atoms with E-state index in [0.717, 1.165) is 33.2 Å². The molecule has 1 aliphatic rings. The number of H-pyrrole nitrogens is 1. The zero-order valence-corrected chi connectivity index (χ0v) is 16.9. The van der Waals surface area contributed by atoms with Crippen molar-refractivity contribution in [2.45, 2.75) is 25.2 Å². The highest BCUT2D eigenvalue weighted by atomic mass is 35.5. The topological polar surface area (TPSA) is 53.2 Å². The zero-order chi connectivity index (χ0) is 19.2. The minimum absolute atomic E-state index is 0.362. The van der Waals surface area contributed by atoms with Crippen LogP contribution in [0.5, 0.6) is 0 Å². The highest BCUT2D eigenvalue weighted by Gasteiger charge is 2.27. The lowest BCUT2D eigenvalue weighted by atomic mass is 10.00. The van der Waals surface area contributed by atoms with Gasteiger partial charge in [0.25, 0.3) is 0 Å². The van der Waals surface area contributed by atoms with Crippen LogP contribution in [-0.2, 0) is 10.0 Å². The van der Waals surface area contributed by atoms with Crippen LogP contribution in [0.2, 0.25) is 5.02 Å². The van der Waals surface area contributed by atoms with Gasteiger partial charge in [-0.05, 0) is 67.3 Å². The van der Waals surface area contributed by atoms with Gasteiger partial charge >= 0.3 is 0 Å². The van der Waals surface area contributed by atoms with E-state index < -0.39 is 10.0 Å². The largest absolute Gasteiger partial charge is 0.361 e. The van der Waals surface area contributed by atoms with E-state index in [1.165, 1.54) is 0 Å². The van der Waals surface area contributed by atoms with Crippen molar-refractivity contribution < 1.29 is 8.42 Å². The number of hydrogen-bond donors (Lipinski definition) is 1. The Balaban J connectivity index is 1.62. The number of aromatic amines is 1. The molecule has 0 aliphatic carbocycles. The third-order valence-corrected chi connectivity index (χ3v) is 7.37. The summed E-state index contributed by atoms with van der Waals surface area (Å²) in [5.41, 5.74) is 5.35. The first-order valence-electron chi connectivity index (χ1n) is 8.90. The predicted octanol–water partition coefficient (Wildman–Crippen LogP) is 4.92. The molecule has 0 fully saturated rings. The predicted molar refractivity (Wildman–Crippen MR) is 111 cm³/mol. The lowest BCUT2D eigenvalue weighted by molar-refractivity contribution is 0.441. The van der Waals surface area contributed by atoms with E-state index in [1.54, 1.807) is 16.4 Å². The van der Waals surface area contributed by atoms with Crippen molar-refractivity contribution in [3.8, 4) is 0 Å². The SMILES string of the molecule is Cc1ccc(S(=O)(=O)N2CC=C(c3c[nH]c4ccc(Cl)cc34)CC2)cc1C. The monoisotopic (exact) mass is 400 g/mol. The van der Waals surface area contributed by atoms with Gasteiger partial charge in [-0.1, -0.05) is 23.7 Å². The molecule has 6 heteroatoms. The fourth-order valence-electron chi connectivity index (χ4n) is 3.50. The number of hydrogen-bond acceptors (Lipinski definition) is 2. The zero-order valence-electron chi connectivity index (χ0n) is 15.3. The summed E-state index contributed by atoms with van der Waals surface area (Å²) in [5, 5.41) is 1.76. The van der Waals surface area contributed by atoms with E-state index >= 15 is 0 Å². The van der Waals surface area contributed by atoms with Gasteiger partial charge in [-0.25, -0.2) is 8.42 Å². The molecular weight excluding hydrogens is 380 g/mol. The van der Waals surface area contributed by atoms with Gasteiger partial charge in [-0.2, -0.15) is 4.31 Å². The van der Waals surface area contributed by atoms with Gasteiger partial charge < -0.3 is 4.98 Å². The molecule has 2 heterocycles. The Morgan fingerprint density at radius 1 is 1.07 bits per heavy atom. The van der Waals surface area contributed by atoms with Crippen molar-refractivity contribution in [2.75, 3.05) is 13.1 Å². The van der Waals surface area contributed by atoms with Gasteiger partial charge in [0.1, 0.15) is 0 Å². The first-order chi connectivity index (χ1) is 12.9. The summed E-state index contributed by atoms with van der Waals surface area (Å²) in [6, 6.07) is 11.1. The number of sulfonamides is 1. The maximum atomic E-state index is 13.0. The lowest BCUT2D eigenvalue weighted by Crippen LogP contribution is -2.34. The van der Waals surface area contributed by atoms with Crippen LogP contribution in [0.15, 0.2) is 53.6 Å². The van der Waals surface area contributed by atoms with Crippen LogP contribution in [0.4, 0.5) is 0 Å². The Labute approximate surface area is 164 Å². The van der Waals surface area contributed by atoms with Crippen molar-refractivity contribution in [2.24, 2.45) is 0 Å². The Bertz CT molecular complexity index is 1160. The Morgan fingerprint density at radius 3 is 2.59 bits per heavy atom. The summed E-state index contributed by atoms with van der Waals surface area (Å²) in [7, 11) is -3.48. The molecule has 1 aromatic heterocycles. The van der Waals surface area contributed by atoms with E-state index in [4.69, 9.17) is 11.6 Å². The number of fused-ring (bicyclic) bond motifs is 1. The normalized spacial score (nSPS) is 15.9. The maximum absolute atomic E-state index is 13.0. The average Bonchev–Trinajstić information content (AvgIpc) is 3.07. The molecule has 1 N–H and O–H groups in total. The number of nitrogens with zero attached hydrogens (tertiary/aromatic N) is 1. The molecule has 27 heavy (non-hydrogen) atoms. The van der Waals surface area contributed by atoms with E-state index in [2.05, 4.69) is 4.98 Å². The molecule has 0 spiro atoms. The molecule has 1 aliphatic heterocycles. The number of rotatable bonds is 3. The van der Waals surface area contributed by atoms with E-state index in [9.17, 15) is 8.42 Å². The minimum Gasteiger partial charge on any atom is -0.361 e. The van der Waals surface area contributed by atoms with Crippen molar-refractivity contribution in [1.82, 2.24) is 9.29 Å². The van der Waals surface area contributed by atoms with Gasteiger partial charge in [-0.3, -0.25) is 0 Å². The lowest BCUT2D eigenvalue weighted by Gasteiger charge is -2.26. The Morgan fingerprint density at radius 2 is 1.89 bits per heavy atom. The second-order valence-corrected chi connectivity index (χ2v) is 9.36. The summed E-state index contributed by atoms with van der Waals surface area (Å²) in [4.78, 5) is 3.62. The van der Waals surface area contributed by atoms with Crippen LogP contribution in [0.25, 0.3) is 16.5 Å². The van der Waals surface area contributed by atoms with Gasteiger partial charge in [0.15, 0.2) is 0 Å². The van der Waals surface area contributed by atoms with E-state index in [0.29, 0.717) is 29.4 Å². The molecule has 0 saturated carbocycles. The van der Waals surface area contributed by atoms with E-state index in [-0.39, 0.29) is 0 Å². The summed E-state index contributed by atoms with van der Waals surface area (Å²) < 4.78 is 27.5. The second kappa shape index (κ2) is 6.82. The Kier molecular flexibility index (Phi) is 4.62. The number of nitrogens with one attached hydrogen (secondary N) is 1. The first-order valence-corrected chi connectivity index (χ1v) is 10.7. The minimum atomic E-state index is -3.48. The second-order valence-electron chi connectivity index (χ2n) is 6.98. The number of aryl methyl sites for hydroxylation is 2. The molecule has 2 aromatic carbocycles. The third kappa shape index (κ3) is 3.31. The molecule has 3 aromatic rings. The van der Waals surface area contributed by atoms with Crippen LogP contribution in [0.3, 0.4) is 0 Å². The Hall–Kier alpha value is -2.08. The molecule has 4 rings (SSSR count). The average molecular weight is 401 g/mol. The fraction of sp³-hybridized carbons (Fsp3) is 0.238. The molecular formula is C21H21ClN2O2S. The van der Waals surface area contributed by atoms with E-state index in [1.807, 2.05) is 50.4 Å². The van der Waals surface area contributed by atoms with Crippen LogP contribution < -0.4 is 0 Å². The quantitative estimate of drug-likeness (QED) is 0.678. The molecule has 4 nitrogen and oxygen atoms in total. The first kappa shape index (κ1) is 18.3. The van der Waals surface area contributed by atoms with Crippen LogP contribution in [0.1, 0.15) is 23.1 Å². The van der Waals surface area contributed by atoms with Gasteiger partial charge in [0, 0.05) is 40.8 Å². The fourth-order valence-corrected chi connectivity index (χ4v) is 5.13. The summed E-state index contributed by atoms with van der Waals surface area (Å²) in [5.74, 6) is 0. The summed E-state index contributed by atoms with van der Waals surface area (Å²) in [6.45, 7) is 4.76. The van der Waals surface area contributed by atoms with Crippen molar-refractivity contribution >= 4 is 38.1 Å². The van der Waals surface area contributed by atoms with Crippen molar-refractivity contribution in [3.63, 3.8) is 0 Å². The number of aromatic nitrogens is 1. The summed E-state index contributed by atoms with van der Waals surface area (Å²) >= 11 is 6.14. The van der Waals surface area contributed by atoms with Gasteiger partial charge in [-0.15, -0.1) is 0 Å². The summed E-state index contributed by atoms with van der Waals surface area (Å²) in [6.07, 6.45) is 4.65. The number of benzene rings is 2. The molecule has 0 bridgehead atoms. The maximum Gasteiger partial charge on any atom is 0.243 e. The molecule has 0 atom stereocenters. The highest BCUT2D eigenvalue weighted by Crippen LogP contribution is 2.32. The van der Waals surface area contributed by atoms with Crippen LogP contribution in [-0.4, -0.2) is 30.8 Å². The van der Waals surface area contributed by atoms with Crippen molar-refractivity contribution in [1.29, 1.82) is 0 Å². The molecule has 0 radical (unpaired) electrons. The molecule has 140 valence electrons. The molecule has 0 amide bonds. The van der Waals surface area contributed by atoms with Gasteiger partial charge in [0.05, 0.1) is 4.90 Å². The van der Waals surface area contributed by atoms with Crippen LogP contribution in [0, 0.1) is 13.8 Å². The van der Waals surface area contributed by atoms with Gasteiger partial charge in [0.2, 0.25) is 10.0 Å². The standard InChI is InChI=1S/C21H21ClN2O2S/c1-14-3-5-18(11-15(14)2)27(25,26)24-9-7-16(8-10-24)20-13-23-21-6-4-17(22)12-19(20)21/h3-7,11-13,23H,8-10H2,1-2H3. The smallest absolute Gasteiger partial charge is 0.243 e. The third-order valence-electron chi connectivity index (χ3n) is 5.28. The number of halogens is 1.